The van der Waals surface area contributed by atoms with Crippen molar-refractivity contribution in [2.24, 2.45) is 7.05 Å². The van der Waals surface area contributed by atoms with Crippen molar-refractivity contribution in [3.63, 3.8) is 0 Å². The van der Waals surface area contributed by atoms with Gasteiger partial charge in [-0.1, -0.05) is 0 Å². The minimum absolute atomic E-state index is 0.310. The number of ether oxygens (including phenoxy) is 1. The van der Waals surface area contributed by atoms with Gasteiger partial charge in [-0.25, -0.2) is 4.98 Å². The third kappa shape index (κ3) is 3.09. The van der Waals surface area contributed by atoms with Gasteiger partial charge >= 0.3 is 7.12 Å². The molecular weight excluding hydrogens is 233 g/mol. The zero-order valence-corrected chi connectivity index (χ0v) is 10.0. The zero-order valence-electron chi connectivity index (χ0n) is 10.0. The van der Waals surface area contributed by atoms with Gasteiger partial charge < -0.3 is 19.4 Å². The van der Waals surface area contributed by atoms with Gasteiger partial charge in [0, 0.05) is 37.5 Å². The topological polar surface area (TPSA) is 80.4 Å². The van der Waals surface area contributed by atoms with E-state index in [-0.39, 0.29) is 0 Å². The van der Waals surface area contributed by atoms with E-state index >= 15 is 0 Å². The Morgan fingerprint density at radius 3 is 2.89 bits per heavy atom. The van der Waals surface area contributed by atoms with Crippen molar-refractivity contribution in [3.8, 4) is 5.75 Å². The molecule has 0 aliphatic carbocycles. The normalized spacial score (nSPS) is 10.4. The van der Waals surface area contributed by atoms with Crippen LogP contribution >= 0.6 is 0 Å². The van der Waals surface area contributed by atoms with Crippen LogP contribution in [-0.2, 0) is 13.5 Å². The molecule has 0 saturated carbocycles. The molecule has 2 aromatic heterocycles. The lowest BCUT2D eigenvalue weighted by Gasteiger charge is -2.07. The smallest absolute Gasteiger partial charge is 0.490 e. The lowest BCUT2D eigenvalue weighted by atomic mass is 9.82. The molecule has 7 heteroatoms. The van der Waals surface area contributed by atoms with E-state index in [4.69, 9.17) is 14.8 Å². The first kappa shape index (κ1) is 12.6. The highest BCUT2D eigenvalue weighted by molar-refractivity contribution is 6.58. The molecule has 6 nitrogen and oxygen atoms in total. The first-order valence-corrected chi connectivity index (χ1v) is 5.57. The van der Waals surface area contributed by atoms with Crippen molar-refractivity contribution in [1.82, 2.24) is 14.5 Å². The molecule has 94 valence electrons. The number of hydrogen-bond acceptors (Lipinski definition) is 5. The van der Waals surface area contributed by atoms with E-state index in [0.29, 0.717) is 24.2 Å². The Morgan fingerprint density at radius 1 is 1.39 bits per heavy atom. The molecule has 0 aliphatic heterocycles. The van der Waals surface area contributed by atoms with Crippen molar-refractivity contribution in [3.05, 3.63) is 36.7 Å². The van der Waals surface area contributed by atoms with Crippen LogP contribution < -0.4 is 10.2 Å². The van der Waals surface area contributed by atoms with E-state index in [0.717, 1.165) is 5.82 Å². The van der Waals surface area contributed by atoms with Crippen molar-refractivity contribution in [1.29, 1.82) is 0 Å². The van der Waals surface area contributed by atoms with Crippen LogP contribution in [0.3, 0.4) is 0 Å². The summed E-state index contributed by atoms with van der Waals surface area (Å²) in [6.07, 6.45) is 7.20. The minimum atomic E-state index is -1.53. The highest BCUT2D eigenvalue weighted by Crippen LogP contribution is 2.06. The highest BCUT2D eigenvalue weighted by atomic mass is 16.5. The first-order valence-electron chi connectivity index (χ1n) is 5.57. The average Bonchev–Trinajstić information content (AvgIpc) is 2.76. The fourth-order valence-electron chi connectivity index (χ4n) is 1.55. The fraction of sp³-hybridized carbons (Fsp3) is 0.273. The van der Waals surface area contributed by atoms with Gasteiger partial charge in [0.1, 0.15) is 11.6 Å². The predicted octanol–water partition coefficient (Wildman–Crippen LogP) is -0.884. The highest BCUT2D eigenvalue weighted by Gasteiger charge is 2.12. The van der Waals surface area contributed by atoms with E-state index in [2.05, 4.69) is 9.97 Å². The van der Waals surface area contributed by atoms with Crippen LogP contribution in [-0.4, -0.2) is 38.3 Å². The van der Waals surface area contributed by atoms with Crippen LogP contribution in [0.25, 0.3) is 0 Å². The number of nitrogens with zero attached hydrogens (tertiary/aromatic N) is 3. The molecule has 0 saturated heterocycles. The molecule has 0 fully saturated rings. The largest absolute Gasteiger partial charge is 0.492 e. The molecule has 0 bridgehead atoms. The number of pyridine rings is 1. The standard InChI is InChI=1S/C11H14BN3O3/c1-15-4-3-14-11(15)2-5-18-10-6-9(12(16)17)7-13-8-10/h3-4,6-8,16-17H,2,5H2,1H3. The molecule has 2 aromatic rings. The Hall–Kier alpha value is -1.86. The number of aromatic nitrogens is 3. The molecule has 0 amide bonds. The van der Waals surface area contributed by atoms with Gasteiger partial charge in [-0.05, 0) is 6.07 Å². The minimum Gasteiger partial charge on any atom is -0.492 e. The maximum absolute atomic E-state index is 9.01. The quantitative estimate of drug-likeness (QED) is 0.670. The Kier molecular flexibility index (Phi) is 3.96. The number of rotatable bonds is 5. The molecule has 0 aliphatic rings. The van der Waals surface area contributed by atoms with Crippen molar-refractivity contribution in [2.75, 3.05) is 6.61 Å². The summed E-state index contributed by atoms with van der Waals surface area (Å²) in [5.41, 5.74) is 0.310. The van der Waals surface area contributed by atoms with Gasteiger partial charge in [-0.15, -0.1) is 0 Å². The number of hydrogen-bond donors (Lipinski definition) is 2. The second kappa shape index (κ2) is 5.66. The molecule has 2 heterocycles. The third-order valence-electron chi connectivity index (χ3n) is 2.55. The van der Waals surface area contributed by atoms with Crippen LogP contribution in [0.1, 0.15) is 5.82 Å². The van der Waals surface area contributed by atoms with Gasteiger partial charge in [0.05, 0.1) is 12.8 Å². The molecule has 2 rings (SSSR count). The monoisotopic (exact) mass is 247 g/mol. The van der Waals surface area contributed by atoms with Crippen LogP contribution in [0.4, 0.5) is 0 Å². The summed E-state index contributed by atoms with van der Waals surface area (Å²) in [7, 11) is 0.391. The molecular formula is C11H14BN3O3. The molecule has 0 atom stereocenters. The molecule has 2 N–H and O–H groups in total. The van der Waals surface area contributed by atoms with Crippen molar-refractivity contribution >= 4 is 12.6 Å². The first-order chi connectivity index (χ1) is 8.66. The number of imidazole rings is 1. The SMILES string of the molecule is Cn1ccnc1CCOc1cncc(B(O)O)c1. The van der Waals surface area contributed by atoms with Gasteiger partial charge in [0.15, 0.2) is 0 Å². The summed E-state index contributed by atoms with van der Waals surface area (Å²) in [6.45, 7) is 0.456. The fourth-order valence-corrected chi connectivity index (χ4v) is 1.55. The van der Waals surface area contributed by atoms with E-state index in [1.807, 2.05) is 17.8 Å². The maximum Gasteiger partial charge on any atom is 0.490 e. The van der Waals surface area contributed by atoms with Crippen LogP contribution in [0.15, 0.2) is 30.9 Å². The number of aryl methyl sites for hydroxylation is 1. The Balaban J connectivity index is 1.90. The zero-order chi connectivity index (χ0) is 13.0. The second-order valence-electron chi connectivity index (χ2n) is 3.88. The lowest BCUT2D eigenvalue weighted by Crippen LogP contribution is -2.30. The average molecular weight is 247 g/mol. The molecule has 0 radical (unpaired) electrons. The van der Waals surface area contributed by atoms with E-state index < -0.39 is 7.12 Å². The summed E-state index contributed by atoms with van der Waals surface area (Å²) in [5.74, 6) is 1.44. The summed E-state index contributed by atoms with van der Waals surface area (Å²) in [5, 5.41) is 18.0. The third-order valence-corrected chi connectivity index (χ3v) is 2.55. The van der Waals surface area contributed by atoms with Gasteiger partial charge in [0.25, 0.3) is 0 Å². The molecule has 0 aromatic carbocycles. The predicted molar refractivity (Wildman–Crippen MR) is 66.5 cm³/mol. The van der Waals surface area contributed by atoms with Crippen LogP contribution in [0.5, 0.6) is 5.75 Å². The summed E-state index contributed by atoms with van der Waals surface area (Å²) >= 11 is 0. The lowest BCUT2D eigenvalue weighted by molar-refractivity contribution is 0.316. The molecule has 18 heavy (non-hydrogen) atoms. The summed E-state index contributed by atoms with van der Waals surface area (Å²) in [4.78, 5) is 8.05. The summed E-state index contributed by atoms with van der Waals surface area (Å²) < 4.78 is 7.41. The Labute approximate surface area is 105 Å². The molecule has 0 unspecified atom stereocenters. The van der Waals surface area contributed by atoms with Crippen molar-refractivity contribution in [2.45, 2.75) is 6.42 Å². The summed E-state index contributed by atoms with van der Waals surface area (Å²) in [6, 6.07) is 1.55. The Morgan fingerprint density at radius 2 is 2.22 bits per heavy atom. The second-order valence-corrected chi connectivity index (χ2v) is 3.88. The van der Waals surface area contributed by atoms with Gasteiger partial charge in [-0.3, -0.25) is 4.98 Å². The van der Waals surface area contributed by atoms with Gasteiger partial charge in [0.2, 0.25) is 0 Å². The van der Waals surface area contributed by atoms with Crippen LogP contribution in [0.2, 0.25) is 0 Å². The van der Waals surface area contributed by atoms with E-state index in [1.165, 1.54) is 12.4 Å². The van der Waals surface area contributed by atoms with E-state index in [9.17, 15) is 0 Å². The maximum atomic E-state index is 9.01. The van der Waals surface area contributed by atoms with Gasteiger partial charge in [-0.2, -0.15) is 0 Å². The molecule has 0 spiro atoms. The van der Waals surface area contributed by atoms with Crippen molar-refractivity contribution < 1.29 is 14.8 Å². The Bertz CT molecular complexity index is 516. The van der Waals surface area contributed by atoms with Crippen LogP contribution in [0, 0.1) is 0 Å². The van der Waals surface area contributed by atoms with E-state index in [1.54, 1.807) is 12.3 Å².